The van der Waals surface area contributed by atoms with Gasteiger partial charge in [0.15, 0.2) is 0 Å². The van der Waals surface area contributed by atoms with Gasteiger partial charge in [-0.05, 0) is 36.8 Å². The summed E-state index contributed by atoms with van der Waals surface area (Å²) in [7, 11) is 0. The van der Waals surface area contributed by atoms with Crippen molar-refractivity contribution in [2.24, 2.45) is 0 Å². The Labute approximate surface area is 127 Å². The zero-order valence-electron chi connectivity index (χ0n) is 12.0. The lowest BCUT2D eigenvalue weighted by Crippen LogP contribution is -2.04. The molecule has 0 spiro atoms. The standard InChI is InChI=1S/C16H14N4O2/c1-11-4-2-8-17-14(11)10-19-13-6-7-15(20(21)22)12-5-3-9-18-16(12)13/h2-9,19H,10H2,1H3. The third-order valence-electron chi connectivity index (χ3n) is 3.51. The number of nitrogens with one attached hydrogen (secondary N) is 1. The van der Waals surface area contributed by atoms with Gasteiger partial charge in [-0.3, -0.25) is 20.1 Å². The molecule has 22 heavy (non-hydrogen) atoms. The molecule has 1 N–H and O–H groups in total. The fraction of sp³-hybridized carbons (Fsp3) is 0.125. The third-order valence-corrected chi connectivity index (χ3v) is 3.51. The van der Waals surface area contributed by atoms with Gasteiger partial charge in [-0.1, -0.05) is 6.07 Å². The highest BCUT2D eigenvalue weighted by atomic mass is 16.6. The molecule has 0 aliphatic rings. The number of anilines is 1. The van der Waals surface area contributed by atoms with Crippen molar-refractivity contribution in [3.05, 3.63) is 70.2 Å². The molecule has 2 heterocycles. The van der Waals surface area contributed by atoms with Gasteiger partial charge in [0.2, 0.25) is 0 Å². The molecule has 0 amide bonds. The number of hydrogen-bond acceptors (Lipinski definition) is 5. The first-order valence-corrected chi connectivity index (χ1v) is 6.83. The average Bonchev–Trinajstić information content (AvgIpc) is 2.53. The van der Waals surface area contributed by atoms with Crippen molar-refractivity contribution in [1.82, 2.24) is 9.97 Å². The Bertz CT molecular complexity index is 848. The minimum Gasteiger partial charge on any atom is -0.378 e. The fourth-order valence-electron chi connectivity index (χ4n) is 2.34. The summed E-state index contributed by atoms with van der Waals surface area (Å²) in [6.07, 6.45) is 3.37. The number of rotatable bonds is 4. The minimum absolute atomic E-state index is 0.0580. The first kappa shape index (κ1) is 13.9. The number of non-ortho nitro benzene ring substituents is 1. The number of pyridine rings is 2. The smallest absolute Gasteiger partial charge is 0.278 e. The van der Waals surface area contributed by atoms with Crippen molar-refractivity contribution in [1.29, 1.82) is 0 Å². The zero-order chi connectivity index (χ0) is 15.5. The van der Waals surface area contributed by atoms with Crippen molar-refractivity contribution in [2.75, 3.05) is 5.32 Å². The molecule has 0 unspecified atom stereocenters. The second-order valence-corrected chi connectivity index (χ2v) is 4.91. The van der Waals surface area contributed by atoms with Crippen LogP contribution in [0, 0.1) is 17.0 Å². The molecule has 0 atom stereocenters. The number of fused-ring (bicyclic) bond motifs is 1. The van der Waals surface area contributed by atoms with Crippen LogP contribution < -0.4 is 5.32 Å². The van der Waals surface area contributed by atoms with Crippen LogP contribution in [0.25, 0.3) is 10.9 Å². The molecule has 3 aromatic rings. The summed E-state index contributed by atoms with van der Waals surface area (Å²) in [6.45, 7) is 2.53. The summed E-state index contributed by atoms with van der Waals surface area (Å²) >= 11 is 0. The van der Waals surface area contributed by atoms with Gasteiger partial charge < -0.3 is 5.32 Å². The van der Waals surface area contributed by atoms with Crippen molar-refractivity contribution in [3.63, 3.8) is 0 Å². The molecule has 6 heteroatoms. The molecule has 6 nitrogen and oxygen atoms in total. The van der Waals surface area contributed by atoms with Crippen LogP contribution in [0.1, 0.15) is 11.3 Å². The van der Waals surface area contributed by atoms with Gasteiger partial charge in [0.05, 0.1) is 28.2 Å². The summed E-state index contributed by atoms with van der Waals surface area (Å²) in [4.78, 5) is 19.3. The maximum atomic E-state index is 11.1. The molecule has 0 aliphatic heterocycles. The van der Waals surface area contributed by atoms with E-state index in [0.717, 1.165) is 16.9 Å². The van der Waals surface area contributed by atoms with E-state index in [1.165, 1.54) is 6.07 Å². The van der Waals surface area contributed by atoms with E-state index in [4.69, 9.17) is 0 Å². The second kappa shape index (κ2) is 5.77. The van der Waals surface area contributed by atoms with Crippen LogP contribution in [0.4, 0.5) is 11.4 Å². The van der Waals surface area contributed by atoms with Gasteiger partial charge in [-0.25, -0.2) is 0 Å². The van der Waals surface area contributed by atoms with E-state index >= 15 is 0 Å². The maximum Gasteiger partial charge on any atom is 0.278 e. The quantitative estimate of drug-likeness (QED) is 0.588. The van der Waals surface area contributed by atoms with Gasteiger partial charge >= 0.3 is 0 Å². The lowest BCUT2D eigenvalue weighted by atomic mass is 10.1. The molecule has 0 saturated heterocycles. The van der Waals surface area contributed by atoms with Gasteiger partial charge in [0, 0.05) is 18.5 Å². The fourth-order valence-corrected chi connectivity index (χ4v) is 2.34. The van der Waals surface area contributed by atoms with Crippen LogP contribution in [0.3, 0.4) is 0 Å². The molecule has 0 radical (unpaired) electrons. The summed E-state index contributed by atoms with van der Waals surface area (Å²) < 4.78 is 0. The first-order chi connectivity index (χ1) is 10.7. The monoisotopic (exact) mass is 294 g/mol. The number of nitro groups is 1. The van der Waals surface area contributed by atoms with E-state index in [1.807, 2.05) is 19.1 Å². The van der Waals surface area contributed by atoms with Crippen LogP contribution in [-0.2, 0) is 6.54 Å². The Morgan fingerprint density at radius 1 is 1.14 bits per heavy atom. The van der Waals surface area contributed by atoms with Gasteiger partial charge in [0.25, 0.3) is 5.69 Å². The first-order valence-electron chi connectivity index (χ1n) is 6.83. The predicted molar refractivity (Wildman–Crippen MR) is 84.7 cm³/mol. The van der Waals surface area contributed by atoms with Crippen LogP contribution in [0.15, 0.2) is 48.8 Å². The van der Waals surface area contributed by atoms with Gasteiger partial charge in [0.1, 0.15) is 5.52 Å². The number of aromatic nitrogens is 2. The van der Waals surface area contributed by atoms with E-state index in [9.17, 15) is 10.1 Å². The van der Waals surface area contributed by atoms with Gasteiger partial charge in [-0.2, -0.15) is 0 Å². The zero-order valence-corrected chi connectivity index (χ0v) is 12.0. The average molecular weight is 294 g/mol. The number of benzene rings is 1. The van der Waals surface area contributed by atoms with Crippen molar-refractivity contribution in [2.45, 2.75) is 13.5 Å². The predicted octanol–water partition coefficient (Wildman–Crippen LogP) is 3.46. The Morgan fingerprint density at radius 3 is 2.68 bits per heavy atom. The highest BCUT2D eigenvalue weighted by molar-refractivity contribution is 5.96. The van der Waals surface area contributed by atoms with Crippen molar-refractivity contribution >= 4 is 22.3 Å². The normalized spacial score (nSPS) is 10.6. The molecule has 3 rings (SSSR count). The molecule has 110 valence electrons. The summed E-state index contributed by atoms with van der Waals surface area (Å²) in [5.74, 6) is 0. The Balaban J connectivity index is 1.97. The number of nitrogens with zero attached hydrogens (tertiary/aromatic N) is 3. The Morgan fingerprint density at radius 2 is 1.91 bits per heavy atom. The number of nitro benzene ring substituents is 1. The third kappa shape index (κ3) is 2.58. The molecular weight excluding hydrogens is 280 g/mol. The highest BCUT2D eigenvalue weighted by Crippen LogP contribution is 2.29. The summed E-state index contributed by atoms with van der Waals surface area (Å²) in [5, 5.41) is 14.9. The summed E-state index contributed by atoms with van der Waals surface area (Å²) in [5.41, 5.74) is 3.43. The molecule has 2 aromatic heterocycles. The van der Waals surface area contributed by atoms with Crippen molar-refractivity contribution < 1.29 is 4.92 Å². The lowest BCUT2D eigenvalue weighted by Gasteiger charge is -2.10. The van der Waals surface area contributed by atoms with Crippen LogP contribution in [0.5, 0.6) is 0 Å². The van der Waals surface area contributed by atoms with Crippen LogP contribution in [-0.4, -0.2) is 14.9 Å². The number of hydrogen-bond donors (Lipinski definition) is 1. The largest absolute Gasteiger partial charge is 0.378 e. The maximum absolute atomic E-state index is 11.1. The highest BCUT2D eigenvalue weighted by Gasteiger charge is 2.14. The Hall–Kier alpha value is -3.02. The molecular formula is C16H14N4O2. The molecule has 1 aromatic carbocycles. The van der Waals surface area contributed by atoms with E-state index in [-0.39, 0.29) is 5.69 Å². The van der Waals surface area contributed by atoms with E-state index < -0.39 is 4.92 Å². The summed E-state index contributed by atoms with van der Waals surface area (Å²) in [6, 6.07) is 10.5. The van der Waals surface area contributed by atoms with E-state index in [1.54, 1.807) is 30.6 Å². The SMILES string of the molecule is Cc1cccnc1CNc1ccc([N+](=O)[O-])c2cccnc12. The number of aryl methyl sites for hydroxylation is 1. The topological polar surface area (TPSA) is 81.0 Å². The van der Waals surface area contributed by atoms with Crippen LogP contribution >= 0.6 is 0 Å². The van der Waals surface area contributed by atoms with Gasteiger partial charge in [-0.15, -0.1) is 0 Å². The molecule has 0 aliphatic carbocycles. The van der Waals surface area contributed by atoms with E-state index in [0.29, 0.717) is 17.4 Å². The van der Waals surface area contributed by atoms with Crippen LogP contribution in [0.2, 0.25) is 0 Å². The van der Waals surface area contributed by atoms with E-state index in [2.05, 4.69) is 15.3 Å². The molecule has 0 bridgehead atoms. The molecule has 0 saturated carbocycles. The second-order valence-electron chi connectivity index (χ2n) is 4.91. The van der Waals surface area contributed by atoms with Crippen molar-refractivity contribution in [3.8, 4) is 0 Å². The lowest BCUT2D eigenvalue weighted by molar-refractivity contribution is -0.383. The Kier molecular flexibility index (Phi) is 3.65. The molecule has 0 fully saturated rings. The minimum atomic E-state index is -0.392.